The molecule has 4 heteroatoms. The fourth-order valence-corrected chi connectivity index (χ4v) is 2.38. The average molecular weight is 250 g/mol. The van der Waals surface area contributed by atoms with Crippen molar-refractivity contribution in [1.82, 2.24) is 0 Å². The summed E-state index contributed by atoms with van der Waals surface area (Å²) in [7, 11) is 0. The minimum Gasteiger partial charge on any atom is -0.395 e. The predicted octanol–water partition coefficient (Wildman–Crippen LogP) is 2.49. The monoisotopic (exact) mass is 250 g/mol. The van der Waals surface area contributed by atoms with Crippen LogP contribution in [0.1, 0.15) is 18.9 Å². The van der Waals surface area contributed by atoms with Gasteiger partial charge in [0.25, 0.3) is 0 Å². The van der Waals surface area contributed by atoms with Crippen LogP contribution in [0.15, 0.2) is 23.1 Å². The molecule has 3 nitrogen and oxygen atoms in total. The largest absolute Gasteiger partial charge is 0.395 e. The molecule has 0 heterocycles. The quantitative estimate of drug-likeness (QED) is 0.788. The van der Waals surface area contributed by atoms with Gasteiger partial charge in [-0.3, -0.25) is 0 Å². The Morgan fingerprint density at radius 3 is 2.71 bits per heavy atom. The van der Waals surface area contributed by atoms with Crippen LogP contribution in [-0.4, -0.2) is 31.1 Å². The van der Waals surface area contributed by atoms with Crippen molar-refractivity contribution in [2.75, 3.05) is 30.9 Å². The summed E-state index contributed by atoms with van der Waals surface area (Å²) in [4.78, 5) is 3.06. The molecule has 0 fully saturated rings. The van der Waals surface area contributed by atoms with Crippen LogP contribution in [0.5, 0.6) is 0 Å². The second-order valence-electron chi connectivity index (χ2n) is 3.68. The molecule has 0 unspecified atom stereocenters. The van der Waals surface area contributed by atoms with Gasteiger partial charge in [-0.1, -0.05) is 13.0 Å². The maximum Gasteiger partial charge on any atom is 0.103 e. The van der Waals surface area contributed by atoms with Crippen LogP contribution in [0.25, 0.3) is 0 Å². The highest BCUT2D eigenvalue weighted by Gasteiger charge is 2.13. The van der Waals surface area contributed by atoms with Crippen LogP contribution in [0.4, 0.5) is 5.69 Å². The minimum atomic E-state index is 0.106. The van der Waals surface area contributed by atoms with Gasteiger partial charge in [-0.2, -0.15) is 5.26 Å². The fraction of sp³-hybridized carbons (Fsp3) is 0.462. The van der Waals surface area contributed by atoms with Crippen molar-refractivity contribution in [3.8, 4) is 6.07 Å². The average Bonchev–Trinajstić information content (AvgIpc) is 2.37. The Bertz CT molecular complexity index is 395. The molecule has 1 N–H and O–H groups in total. The molecule has 17 heavy (non-hydrogen) atoms. The van der Waals surface area contributed by atoms with E-state index >= 15 is 0 Å². The summed E-state index contributed by atoms with van der Waals surface area (Å²) in [6, 6.07) is 8.13. The Morgan fingerprint density at radius 2 is 2.18 bits per heavy atom. The summed E-state index contributed by atoms with van der Waals surface area (Å²) in [6.45, 7) is 3.62. The molecule has 0 radical (unpaired) electrons. The van der Waals surface area contributed by atoms with E-state index in [0.29, 0.717) is 12.1 Å². The number of thioether (sulfide) groups is 1. The molecule has 92 valence electrons. The summed E-state index contributed by atoms with van der Waals surface area (Å²) < 4.78 is 0. The molecular formula is C13H18N2OS. The number of aliphatic hydroxyl groups is 1. The van der Waals surface area contributed by atoms with Gasteiger partial charge in [-0.25, -0.2) is 0 Å². The molecule has 0 aliphatic carbocycles. The zero-order chi connectivity index (χ0) is 12.7. The topological polar surface area (TPSA) is 47.3 Å². The maximum absolute atomic E-state index is 9.26. The third kappa shape index (κ3) is 3.39. The Morgan fingerprint density at radius 1 is 1.41 bits per heavy atom. The molecule has 1 rings (SSSR count). The third-order valence-electron chi connectivity index (χ3n) is 2.54. The van der Waals surface area contributed by atoms with Crippen molar-refractivity contribution in [2.24, 2.45) is 0 Å². The van der Waals surface area contributed by atoms with E-state index in [1.165, 1.54) is 0 Å². The SMILES string of the molecule is CCCN(CCO)c1cccc(SC)c1C#N. The summed E-state index contributed by atoms with van der Waals surface area (Å²) in [5.74, 6) is 0. The van der Waals surface area contributed by atoms with Crippen LogP contribution < -0.4 is 4.90 Å². The van der Waals surface area contributed by atoms with E-state index in [1.807, 2.05) is 24.5 Å². The highest BCUT2D eigenvalue weighted by Crippen LogP contribution is 2.28. The van der Waals surface area contributed by atoms with Gasteiger partial charge in [0.2, 0.25) is 0 Å². The number of rotatable bonds is 6. The number of hydrogen-bond acceptors (Lipinski definition) is 4. The zero-order valence-corrected chi connectivity index (χ0v) is 11.1. The smallest absolute Gasteiger partial charge is 0.103 e. The van der Waals surface area contributed by atoms with Crippen LogP contribution in [0.2, 0.25) is 0 Å². The molecule has 0 aromatic heterocycles. The third-order valence-corrected chi connectivity index (χ3v) is 3.32. The Labute approximate surface area is 107 Å². The Kier molecular flexibility index (Phi) is 5.88. The van der Waals surface area contributed by atoms with E-state index in [4.69, 9.17) is 5.11 Å². The van der Waals surface area contributed by atoms with Gasteiger partial charge in [-0.15, -0.1) is 11.8 Å². The highest BCUT2D eigenvalue weighted by molar-refractivity contribution is 7.98. The van der Waals surface area contributed by atoms with Gasteiger partial charge < -0.3 is 10.0 Å². The zero-order valence-electron chi connectivity index (χ0n) is 10.3. The van der Waals surface area contributed by atoms with Gasteiger partial charge >= 0.3 is 0 Å². The van der Waals surface area contributed by atoms with Crippen LogP contribution in [-0.2, 0) is 0 Å². The van der Waals surface area contributed by atoms with E-state index in [9.17, 15) is 5.26 Å². The lowest BCUT2D eigenvalue weighted by molar-refractivity contribution is 0.302. The molecule has 0 aliphatic heterocycles. The number of benzene rings is 1. The summed E-state index contributed by atoms with van der Waals surface area (Å²) in [5.41, 5.74) is 1.64. The first-order valence-electron chi connectivity index (χ1n) is 5.71. The van der Waals surface area contributed by atoms with E-state index in [-0.39, 0.29) is 6.61 Å². The first kappa shape index (κ1) is 13.9. The first-order chi connectivity index (χ1) is 8.28. The molecule has 0 spiro atoms. The van der Waals surface area contributed by atoms with E-state index in [0.717, 1.165) is 23.5 Å². The lowest BCUT2D eigenvalue weighted by Gasteiger charge is -2.25. The van der Waals surface area contributed by atoms with Gasteiger partial charge in [0.05, 0.1) is 17.9 Å². The first-order valence-corrected chi connectivity index (χ1v) is 6.93. The second-order valence-corrected chi connectivity index (χ2v) is 4.52. The lowest BCUT2D eigenvalue weighted by Crippen LogP contribution is -2.28. The lowest BCUT2D eigenvalue weighted by atomic mass is 10.1. The maximum atomic E-state index is 9.26. The molecular weight excluding hydrogens is 232 g/mol. The van der Waals surface area contributed by atoms with Crippen LogP contribution >= 0.6 is 11.8 Å². The molecule has 0 atom stereocenters. The standard InChI is InChI=1S/C13H18N2OS/c1-3-7-15(8-9-16)12-5-4-6-13(17-2)11(12)10-14/h4-6,16H,3,7-9H2,1-2H3. The predicted molar refractivity (Wildman–Crippen MR) is 72.5 cm³/mol. The van der Waals surface area contributed by atoms with Crippen molar-refractivity contribution < 1.29 is 5.11 Å². The fourth-order valence-electron chi connectivity index (χ4n) is 1.81. The van der Waals surface area contributed by atoms with Crippen molar-refractivity contribution >= 4 is 17.4 Å². The van der Waals surface area contributed by atoms with Crippen LogP contribution in [0.3, 0.4) is 0 Å². The Hall–Kier alpha value is -1.18. The van der Waals surface area contributed by atoms with Gasteiger partial charge in [-0.05, 0) is 24.8 Å². The summed E-state index contributed by atoms with van der Waals surface area (Å²) >= 11 is 1.58. The van der Waals surface area contributed by atoms with E-state index in [2.05, 4.69) is 17.9 Å². The van der Waals surface area contributed by atoms with Gasteiger partial charge in [0.15, 0.2) is 0 Å². The number of nitriles is 1. The second kappa shape index (κ2) is 7.21. The highest BCUT2D eigenvalue weighted by atomic mass is 32.2. The molecule has 1 aromatic carbocycles. The van der Waals surface area contributed by atoms with Crippen molar-refractivity contribution in [3.63, 3.8) is 0 Å². The van der Waals surface area contributed by atoms with Gasteiger partial charge in [0.1, 0.15) is 6.07 Å². The number of anilines is 1. The van der Waals surface area contributed by atoms with Crippen molar-refractivity contribution in [3.05, 3.63) is 23.8 Å². The molecule has 0 bridgehead atoms. The van der Waals surface area contributed by atoms with Crippen molar-refractivity contribution in [1.29, 1.82) is 5.26 Å². The normalized spacial score (nSPS) is 10.0. The molecule has 0 amide bonds. The van der Waals surface area contributed by atoms with E-state index in [1.54, 1.807) is 11.8 Å². The molecule has 0 aliphatic rings. The molecule has 0 saturated carbocycles. The summed E-state index contributed by atoms with van der Waals surface area (Å²) in [6.07, 6.45) is 2.96. The Balaban J connectivity index is 3.13. The number of nitrogens with zero attached hydrogens (tertiary/aromatic N) is 2. The van der Waals surface area contributed by atoms with E-state index < -0.39 is 0 Å². The molecule has 0 saturated heterocycles. The van der Waals surface area contributed by atoms with Gasteiger partial charge in [0, 0.05) is 18.0 Å². The minimum absolute atomic E-state index is 0.106. The molecule has 1 aromatic rings. The van der Waals surface area contributed by atoms with Crippen LogP contribution in [0, 0.1) is 11.3 Å². The number of aliphatic hydroxyl groups excluding tert-OH is 1. The summed E-state index contributed by atoms with van der Waals surface area (Å²) in [5, 5.41) is 18.3. The van der Waals surface area contributed by atoms with Crippen molar-refractivity contribution in [2.45, 2.75) is 18.2 Å². The number of hydrogen-bond donors (Lipinski definition) is 1.